The first-order valence-electron chi connectivity index (χ1n) is 8.88. The summed E-state index contributed by atoms with van der Waals surface area (Å²) < 4.78 is 0. The van der Waals surface area contributed by atoms with Crippen molar-refractivity contribution in [1.82, 2.24) is 0 Å². The van der Waals surface area contributed by atoms with E-state index in [4.69, 9.17) is 0 Å². The van der Waals surface area contributed by atoms with E-state index in [1.165, 1.54) is 43.8 Å². The van der Waals surface area contributed by atoms with Gasteiger partial charge in [-0.3, -0.25) is 0 Å². The van der Waals surface area contributed by atoms with E-state index in [0.717, 1.165) is 0 Å². The van der Waals surface area contributed by atoms with Crippen molar-refractivity contribution < 1.29 is 0 Å². The number of fused-ring (bicyclic) bond motifs is 2. The fraction of sp³-hybridized carbons (Fsp3) is 0. The summed E-state index contributed by atoms with van der Waals surface area (Å²) in [5.41, 5.74) is 4.99. The van der Waals surface area contributed by atoms with Crippen LogP contribution in [0.2, 0.25) is 0 Å². The molecule has 0 aromatic heterocycles. The molecule has 0 aliphatic carbocycles. The average Bonchev–Trinajstić information content (AvgIpc) is 2.73. The minimum absolute atomic E-state index is 1.22. The van der Waals surface area contributed by atoms with Crippen LogP contribution in [0.25, 0.3) is 43.8 Å². The van der Waals surface area contributed by atoms with Crippen LogP contribution in [0.4, 0.5) is 0 Å². The second kappa shape index (κ2) is 6.16. The van der Waals surface area contributed by atoms with Gasteiger partial charge in [-0.1, -0.05) is 97.1 Å². The van der Waals surface area contributed by atoms with E-state index >= 15 is 0 Å². The molecule has 0 heteroatoms. The van der Waals surface area contributed by atoms with Crippen LogP contribution in [0.1, 0.15) is 0 Å². The summed E-state index contributed by atoms with van der Waals surface area (Å²) in [6.07, 6.45) is 0. The molecular formula is C26H17. The molecule has 0 unspecified atom stereocenters. The molecule has 0 aliphatic rings. The number of hydrogen-bond acceptors (Lipinski definition) is 0. The fourth-order valence-corrected chi connectivity index (χ4v) is 3.81. The minimum Gasteiger partial charge on any atom is -0.0616 e. The highest BCUT2D eigenvalue weighted by molar-refractivity contribution is 6.04. The van der Waals surface area contributed by atoms with Gasteiger partial charge in [-0.25, -0.2) is 0 Å². The van der Waals surface area contributed by atoms with Gasteiger partial charge in [0, 0.05) is 0 Å². The molecule has 0 saturated heterocycles. The largest absolute Gasteiger partial charge is 0.0616 e. The van der Waals surface area contributed by atoms with Crippen LogP contribution in [-0.2, 0) is 0 Å². The summed E-state index contributed by atoms with van der Waals surface area (Å²) in [6, 6.07) is 39.8. The van der Waals surface area contributed by atoms with Crippen LogP contribution in [-0.4, -0.2) is 0 Å². The summed E-state index contributed by atoms with van der Waals surface area (Å²) in [5, 5.41) is 5.08. The lowest BCUT2D eigenvalue weighted by molar-refractivity contribution is 1.61. The van der Waals surface area contributed by atoms with Crippen molar-refractivity contribution >= 4 is 21.5 Å². The van der Waals surface area contributed by atoms with Gasteiger partial charge in [0.15, 0.2) is 0 Å². The van der Waals surface area contributed by atoms with Gasteiger partial charge < -0.3 is 0 Å². The highest BCUT2D eigenvalue weighted by Crippen LogP contribution is 2.38. The molecule has 0 saturated carbocycles. The molecular weight excluding hydrogens is 312 g/mol. The van der Waals surface area contributed by atoms with E-state index in [0.29, 0.717) is 0 Å². The average molecular weight is 329 g/mol. The van der Waals surface area contributed by atoms with Crippen molar-refractivity contribution in [1.29, 1.82) is 0 Å². The molecule has 0 nitrogen and oxygen atoms in total. The standard InChI is InChI=1S/C26H17/c1-3-13-21-19(9-1)11-7-17-23(21)25-15-5-6-16-26(25)24-18-8-12-20-10-2-4-14-22(20)24/h1-5,7-18H. The minimum atomic E-state index is 1.22. The lowest BCUT2D eigenvalue weighted by atomic mass is 9.89. The highest BCUT2D eigenvalue weighted by Gasteiger charge is 2.11. The molecule has 26 heavy (non-hydrogen) atoms. The smallest absolute Gasteiger partial charge is 0.00928 e. The predicted molar refractivity (Wildman–Crippen MR) is 111 cm³/mol. The van der Waals surface area contributed by atoms with Crippen LogP contribution >= 0.6 is 0 Å². The van der Waals surface area contributed by atoms with Gasteiger partial charge in [0.1, 0.15) is 0 Å². The van der Waals surface area contributed by atoms with E-state index in [-0.39, 0.29) is 0 Å². The molecule has 5 aromatic carbocycles. The number of hydrogen-bond donors (Lipinski definition) is 0. The third-order valence-electron chi connectivity index (χ3n) is 5.02. The molecule has 0 N–H and O–H groups in total. The zero-order valence-electron chi connectivity index (χ0n) is 14.3. The number of benzene rings is 5. The molecule has 0 fully saturated rings. The highest BCUT2D eigenvalue weighted by atomic mass is 14.1. The van der Waals surface area contributed by atoms with E-state index in [1.54, 1.807) is 0 Å². The summed E-state index contributed by atoms with van der Waals surface area (Å²) in [4.78, 5) is 0. The van der Waals surface area contributed by atoms with Crippen molar-refractivity contribution in [3.63, 3.8) is 0 Å². The lowest BCUT2D eigenvalue weighted by Gasteiger charge is -2.14. The van der Waals surface area contributed by atoms with Crippen LogP contribution in [0.5, 0.6) is 0 Å². The van der Waals surface area contributed by atoms with Crippen molar-refractivity contribution in [3.05, 3.63) is 109 Å². The van der Waals surface area contributed by atoms with Gasteiger partial charge in [-0.15, -0.1) is 0 Å². The van der Waals surface area contributed by atoms with Gasteiger partial charge in [0.2, 0.25) is 0 Å². The zero-order valence-corrected chi connectivity index (χ0v) is 14.3. The van der Waals surface area contributed by atoms with Gasteiger partial charge in [-0.05, 0) is 55.9 Å². The third-order valence-corrected chi connectivity index (χ3v) is 5.02. The fourth-order valence-electron chi connectivity index (χ4n) is 3.81. The summed E-state index contributed by atoms with van der Waals surface area (Å²) in [6.45, 7) is 0. The Bertz CT molecular complexity index is 1120. The Morgan fingerprint density at radius 2 is 0.962 bits per heavy atom. The van der Waals surface area contributed by atoms with Crippen LogP contribution in [0, 0.1) is 6.07 Å². The quantitative estimate of drug-likeness (QED) is 0.323. The van der Waals surface area contributed by atoms with E-state index in [1.807, 2.05) is 6.07 Å². The van der Waals surface area contributed by atoms with Crippen molar-refractivity contribution in [3.8, 4) is 22.3 Å². The monoisotopic (exact) mass is 329 g/mol. The SMILES string of the molecule is [c]1ccc(-c2cccc3ccccc23)c(-c2cccc3ccccc23)c1. The van der Waals surface area contributed by atoms with Crippen molar-refractivity contribution in [2.24, 2.45) is 0 Å². The van der Waals surface area contributed by atoms with Crippen molar-refractivity contribution in [2.45, 2.75) is 0 Å². The molecule has 0 amide bonds. The van der Waals surface area contributed by atoms with Gasteiger partial charge >= 0.3 is 0 Å². The predicted octanol–water partition coefficient (Wildman–Crippen LogP) is 7.13. The maximum absolute atomic E-state index is 3.28. The Hall–Kier alpha value is -3.38. The van der Waals surface area contributed by atoms with Gasteiger partial charge in [-0.2, -0.15) is 0 Å². The molecule has 5 rings (SSSR count). The van der Waals surface area contributed by atoms with E-state index < -0.39 is 0 Å². The Morgan fingerprint density at radius 3 is 1.62 bits per heavy atom. The van der Waals surface area contributed by atoms with Crippen LogP contribution in [0.15, 0.2) is 103 Å². The first-order chi connectivity index (χ1) is 12.9. The van der Waals surface area contributed by atoms with Crippen molar-refractivity contribution in [2.75, 3.05) is 0 Å². The summed E-state index contributed by atoms with van der Waals surface area (Å²) in [7, 11) is 0. The Labute approximate surface area is 153 Å². The third kappa shape index (κ3) is 2.39. The van der Waals surface area contributed by atoms with Crippen LogP contribution in [0.3, 0.4) is 0 Å². The number of rotatable bonds is 2. The Kier molecular flexibility index (Phi) is 3.54. The maximum Gasteiger partial charge on any atom is -0.00928 e. The van der Waals surface area contributed by atoms with E-state index in [9.17, 15) is 0 Å². The Balaban J connectivity index is 1.83. The molecule has 0 spiro atoms. The normalized spacial score (nSPS) is 11.1. The van der Waals surface area contributed by atoms with E-state index in [2.05, 4.69) is 103 Å². The molecule has 0 aliphatic heterocycles. The molecule has 0 atom stereocenters. The summed E-state index contributed by atoms with van der Waals surface area (Å²) in [5.74, 6) is 0. The Morgan fingerprint density at radius 1 is 0.423 bits per heavy atom. The molecule has 5 aromatic rings. The first kappa shape index (κ1) is 14.9. The summed E-state index contributed by atoms with van der Waals surface area (Å²) >= 11 is 0. The molecule has 1 radical (unpaired) electrons. The van der Waals surface area contributed by atoms with Gasteiger partial charge in [0.05, 0.1) is 0 Å². The lowest BCUT2D eigenvalue weighted by Crippen LogP contribution is -1.88. The maximum atomic E-state index is 3.28. The topological polar surface area (TPSA) is 0 Å². The van der Waals surface area contributed by atoms with Crippen LogP contribution < -0.4 is 0 Å². The van der Waals surface area contributed by atoms with Gasteiger partial charge in [0.25, 0.3) is 0 Å². The second-order valence-electron chi connectivity index (χ2n) is 6.53. The molecule has 121 valence electrons. The first-order valence-corrected chi connectivity index (χ1v) is 8.88. The molecule has 0 bridgehead atoms. The molecule has 0 heterocycles. The second-order valence-corrected chi connectivity index (χ2v) is 6.53. The zero-order chi connectivity index (χ0) is 17.3.